The van der Waals surface area contributed by atoms with Crippen molar-refractivity contribution < 1.29 is 44.1 Å². The minimum absolute atomic E-state index is 0.134. The smallest absolute Gasteiger partial charge is 0.326 e. The molecule has 4 unspecified atom stereocenters. The van der Waals surface area contributed by atoms with Crippen LogP contribution < -0.4 is 21.7 Å². The Labute approximate surface area is 210 Å². The van der Waals surface area contributed by atoms with Crippen LogP contribution in [0.15, 0.2) is 30.5 Å². The van der Waals surface area contributed by atoms with E-state index in [4.69, 9.17) is 10.8 Å². The number of H-pyrrole nitrogens is 1. The lowest BCUT2D eigenvalue weighted by molar-refractivity contribution is -0.143. The summed E-state index contributed by atoms with van der Waals surface area (Å²) in [6.45, 7) is 1.34. The van der Waals surface area contributed by atoms with Gasteiger partial charge in [0.05, 0.1) is 12.5 Å². The number of nitrogens with one attached hydrogen (secondary N) is 4. The number of para-hydroxylation sites is 1. The first-order valence-corrected chi connectivity index (χ1v) is 11.3. The fourth-order valence-corrected chi connectivity index (χ4v) is 3.49. The van der Waals surface area contributed by atoms with Crippen LogP contribution in [0.3, 0.4) is 0 Å². The molecule has 0 radical (unpaired) electrons. The lowest BCUT2D eigenvalue weighted by atomic mass is 10.0. The number of hydrogen-bond donors (Lipinski definition) is 8. The van der Waals surface area contributed by atoms with Gasteiger partial charge in [-0.1, -0.05) is 18.2 Å². The van der Waals surface area contributed by atoms with Gasteiger partial charge in [-0.15, -0.1) is 0 Å². The summed E-state index contributed by atoms with van der Waals surface area (Å²) in [5, 5.41) is 35.2. The van der Waals surface area contributed by atoms with Gasteiger partial charge < -0.3 is 42.0 Å². The maximum absolute atomic E-state index is 12.9. The van der Waals surface area contributed by atoms with Crippen LogP contribution in [0.5, 0.6) is 0 Å². The average Bonchev–Trinajstić information content (AvgIpc) is 3.22. The number of nitrogens with two attached hydrogens (primary N) is 1. The number of rotatable bonds is 14. The van der Waals surface area contributed by atoms with Crippen molar-refractivity contribution in [2.45, 2.75) is 56.8 Å². The van der Waals surface area contributed by atoms with Crippen molar-refractivity contribution in [2.24, 2.45) is 5.73 Å². The van der Waals surface area contributed by atoms with Crippen molar-refractivity contribution in [2.75, 3.05) is 0 Å². The summed E-state index contributed by atoms with van der Waals surface area (Å²) in [7, 11) is 0. The van der Waals surface area contributed by atoms with E-state index in [-0.39, 0.29) is 12.8 Å². The van der Waals surface area contributed by atoms with Crippen LogP contribution in [0.1, 0.15) is 31.7 Å². The predicted molar refractivity (Wildman–Crippen MR) is 128 cm³/mol. The highest BCUT2D eigenvalue weighted by Gasteiger charge is 2.32. The van der Waals surface area contributed by atoms with E-state index in [1.165, 1.54) is 6.92 Å². The number of carboxylic acid groups (broad SMARTS) is 3. The number of fused-ring (bicyclic) bond motifs is 1. The first kappa shape index (κ1) is 28.8. The average molecular weight is 520 g/mol. The predicted octanol–water partition coefficient (Wildman–Crippen LogP) is -1.06. The number of hydrogen-bond acceptors (Lipinski definition) is 7. The minimum Gasteiger partial charge on any atom is -0.481 e. The molecule has 0 aliphatic rings. The molecular formula is C23H29N5O9. The second-order valence-electron chi connectivity index (χ2n) is 8.40. The van der Waals surface area contributed by atoms with Crippen LogP contribution >= 0.6 is 0 Å². The minimum atomic E-state index is -1.71. The number of aromatic nitrogens is 1. The van der Waals surface area contributed by atoms with Crippen LogP contribution in [0.25, 0.3) is 10.9 Å². The molecule has 0 bridgehead atoms. The van der Waals surface area contributed by atoms with E-state index in [1.54, 1.807) is 30.5 Å². The van der Waals surface area contributed by atoms with Crippen LogP contribution in [0.2, 0.25) is 0 Å². The third kappa shape index (κ3) is 8.61. The molecule has 1 aromatic heterocycles. The van der Waals surface area contributed by atoms with Crippen molar-refractivity contribution in [3.63, 3.8) is 0 Å². The molecule has 200 valence electrons. The second kappa shape index (κ2) is 13.0. The van der Waals surface area contributed by atoms with Gasteiger partial charge in [-0.25, -0.2) is 4.79 Å². The lowest BCUT2D eigenvalue weighted by Crippen LogP contribution is -2.57. The summed E-state index contributed by atoms with van der Waals surface area (Å²) in [5.74, 6) is -6.99. The molecule has 1 aromatic carbocycles. The maximum atomic E-state index is 12.9. The van der Waals surface area contributed by atoms with Gasteiger partial charge in [-0.3, -0.25) is 24.0 Å². The van der Waals surface area contributed by atoms with Crippen LogP contribution in [0.4, 0.5) is 0 Å². The SMILES string of the molecule is CC(N)C(=O)NC(CCC(=O)O)C(=O)NC(CC(=O)O)C(=O)NC(Cc1c[nH]c2ccccc12)C(=O)O. The summed E-state index contributed by atoms with van der Waals surface area (Å²) < 4.78 is 0. The van der Waals surface area contributed by atoms with Gasteiger partial charge in [-0.05, 0) is 25.0 Å². The first-order chi connectivity index (χ1) is 17.4. The number of aromatic amines is 1. The number of benzene rings is 1. The zero-order valence-electron chi connectivity index (χ0n) is 19.9. The van der Waals surface area contributed by atoms with E-state index in [2.05, 4.69) is 20.9 Å². The van der Waals surface area contributed by atoms with E-state index in [1.807, 2.05) is 0 Å². The van der Waals surface area contributed by atoms with Crippen LogP contribution in [0, 0.1) is 0 Å². The molecule has 14 nitrogen and oxygen atoms in total. The Morgan fingerprint density at radius 2 is 1.46 bits per heavy atom. The zero-order chi connectivity index (χ0) is 27.7. The third-order valence-corrected chi connectivity index (χ3v) is 5.42. The molecule has 0 saturated carbocycles. The third-order valence-electron chi connectivity index (χ3n) is 5.42. The van der Waals surface area contributed by atoms with Gasteiger partial charge in [0, 0.05) is 29.9 Å². The van der Waals surface area contributed by atoms with Crippen molar-refractivity contribution in [3.8, 4) is 0 Å². The molecule has 2 aromatic rings. The number of aliphatic carboxylic acids is 3. The highest BCUT2D eigenvalue weighted by atomic mass is 16.4. The Kier molecular flexibility index (Phi) is 10.1. The topological polar surface area (TPSA) is 241 Å². The quantitative estimate of drug-likeness (QED) is 0.150. The van der Waals surface area contributed by atoms with Gasteiger partial charge in [0.25, 0.3) is 0 Å². The van der Waals surface area contributed by atoms with E-state index in [0.717, 1.165) is 10.9 Å². The van der Waals surface area contributed by atoms with Crippen molar-refractivity contribution in [1.82, 2.24) is 20.9 Å². The fraction of sp³-hybridized carbons (Fsp3) is 0.391. The van der Waals surface area contributed by atoms with E-state index in [9.17, 15) is 39.0 Å². The van der Waals surface area contributed by atoms with Gasteiger partial charge in [0.1, 0.15) is 18.1 Å². The monoisotopic (exact) mass is 519 g/mol. The van der Waals surface area contributed by atoms with Gasteiger partial charge in [-0.2, -0.15) is 0 Å². The van der Waals surface area contributed by atoms with E-state index >= 15 is 0 Å². The number of carbonyl (C=O) groups excluding carboxylic acids is 3. The molecule has 0 aliphatic heterocycles. The molecule has 37 heavy (non-hydrogen) atoms. The molecule has 0 fully saturated rings. The first-order valence-electron chi connectivity index (χ1n) is 11.3. The highest BCUT2D eigenvalue weighted by molar-refractivity contribution is 5.96. The standard InChI is InChI=1S/C23H29N5O9/c1-11(24)20(33)26-15(6-7-18(29)30)21(34)27-16(9-19(31)32)22(35)28-17(23(36)37)8-12-10-25-14-5-3-2-4-13(12)14/h2-5,10-11,15-17,25H,6-9,24H2,1H3,(H,26,33)(H,27,34)(H,28,35)(H,29,30)(H,31,32)(H,36,37). The van der Waals surface area contributed by atoms with Gasteiger partial charge in [0.15, 0.2) is 0 Å². The molecular weight excluding hydrogens is 490 g/mol. The van der Waals surface area contributed by atoms with Crippen LogP contribution in [-0.2, 0) is 35.2 Å². The van der Waals surface area contributed by atoms with E-state index < -0.39 is 72.6 Å². The Bertz CT molecular complexity index is 1180. The number of carbonyl (C=O) groups is 6. The summed E-state index contributed by atoms with van der Waals surface area (Å²) in [6.07, 6.45) is -0.315. The summed E-state index contributed by atoms with van der Waals surface area (Å²) >= 11 is 0. The van der Waals surface area contributed by atoms with Crippen molar-refractivity contribution in [3.05, 3.63) is 36.0 Å². The van der Waals surface area contributed by atoms with Gasteiger partial charge in [0.2, 0.25) is 17.7 Å². The number of carboxylic acids is 3. The highest BCUT2D eigenvalue weighted by Crippen LogP contribution is 2.19. The van der Waals surface area contributed by atoms with Gasteiger partial charge >= 0.3 is 17.9 Å². The number of amides is 3. The molecule has 4 atom stereocenters. The Morgan fingerprint density at radius 1 is 0.865 bits per heavy atom. The molecule has 0 aliphatic carbocycles. The maximum Gasteiger partial charge on any atom is 0.326 e. The Hall–Kier alpha value is -4.46. The Morgan fingerprint density at radius 3 is 2.05 bits per heavy atom. The molecule has 0 saturated heterocycles. The lowest BCUT2D eigenvalue weighted by Gasteiger charge is -2.24. The molecule has 9 N–H and O–H groups in total. The molecule has 14 heteroatoms. The van der Waals surface area contributed by atoms with E-state index in [0.29, 0.717) is 5.56 Å². The molecule has 1 heterocycles. The Balaban J connectivity index is 2.19. The summed E-state index contributed by atoms with van der Waals surface area (Å²) in [4.78, 5) is 74.8. The van der Waals surface area contributed by atoms with Crippen molar-refractivity contribution >= 4 is 46.5 Å². The molecule has 0 spiro atoms. The normalized spacial score (nSPS) is 14.1. The molecule has 3 amide bonds. The second-order valence-corrected chi connectivity index (χ2v) is 8.40. The molecule has 2 rings (SSSR count). The summed E-state index contributed by atoms with van der Waals surface area (Å²) in [5.41, 5.74) is 6.82. The fourth-order valence-electron chi connectivity index (χ4n) is 3.49. The van der Waals surface area contributed by atoms with Crippen LogP contribution in [-0.4, -0.2) is 80.1 Å². The summed E-state index contributed by atoms with van der Waals surface area (Å²) in [6, 6.07) is 1.48. The zero-order valence-corrected chi connectivity index (χ0v) is 19.9. The largest absolute Gasteiger partial charge is 0.481 e. The van der Waals surface area contributed by atoms with Crippen molar-refractivity contribution in [1.29, 1.82) is 0 Å².